The topological polar surface area (TPSA) is 45.2 Å². The highest BCUT2D eigenvalue weighted by molar-refractivity contribution is 6.15. The zero-order valence-electron chi connectivity index (χ0n) is 29.4. The average molecular weight is 704 g/mol. The van der Waals surface area contributed by atoms with E-state index in [1.54, 1.807) is 0 Å². The number of aromatic nitrogens is 5. The van der Waals surface area contributed by atoms with Crippen LogP contribution in [0.1, 0.15) is 0 Å². The molecule has 0 aliphatic carbocycles. The molecule has 8 aromatic carbocycles. The first-order valence-electron chi connectivity index (χ1n) is 18.6. The molecule has 13 rings (SSSR count). The third-order valence-corrected chi connectivity index (χ3v) is 11.6. The normalized spacial score (nSPS) is 12.4. The molecular formula is C49H29N5O. The van der Waals surface area contributed by atoms with Crippen LogP contribution >= 0.6 is 0 Å². The number of hydrogen-bond acceptors (Lipinski definition) is 2. The molecule has 0 saturated heterocycles. The Morgan fingerprint density at radius 2 is 0.927 bits per heavy atom. The minimum atomic E-state index is 0.866. The van der Waals surface area contributed by atoms with E-state index in [1.807, 2.05) is 0 Å². The summed E-state index contributed by atoms with van der Waals surface area (Å²) in [4.78, 5) is 5.14. The number of para-hydroxylation sites is 7. The molecule has 0 aliphatic heterocycles. The maximum absolute atomic E-state index is 6.58. The van der Waals surface area contributed by atoms with Gasteiger partial charge in [0, 0.05) is 38.3 Å². The molecule has 256 valence electrons. The van der Waals surface area contributed by atoms with Gasteiger partial charge in [0.15, 0.2) is 0 Å². The van der Waals surface area contributed by atoms with E-state index >= 15 is 0 Å². The molecule has 0 bridgehead atoms. The van der Waals surface area contributed by atoms with Crippen LogP contribution in [0.4, 0.5) is 0 Å². The van der Waals surface area contributed by atoms with Crippen LogP contribution in [0.5, 0.6) is 0 Å². The second-order valence-electron chi connectivity index (χ2n) is 14.4. The minimum absolute atomic E-state index is 0.866. The average Bonchev–Trinajstić information content (AvgIpc) is 4.03. The van der Waals surface area contributed by atoms with Gasteiger partial charge >= 0.3 is 0 Å². The SMILES string of the molecule is c1ccc2c(c1)nc1n(-c3ccc4c(c3)c3ccccc3n4-c3ccc4oc5cccc(-n6c7ccccc7c7ccccc76)c5c4c3)c3ccccc3n21. The van der Waals surface area contributed by atoms with E-state index in [-0.39, 0.29) is 0 Å². The molecule has 0 N–H and O–H groups in total. The molecule has 13 aromatic rings. The standard InChI is InChI=1S/C49H29N5O/c1-6-17-39-32(12-1)33-13-2-7-18-40(33)53(39)45-22-11-23-47-48(45)36-29-30(25-27-46(36)55-47)51-38-16-5-3-14-34(38)35-28-31(24-26-41(35)51)52-43-20-9-10-21-44(43)54-42-19-8-4-15-37(42)50-49(52)54/h1-29H. The number of imidazole rings is 2. The van der Waals surface area contributed by atoms with E-state index in [9.17, 15) is 0 Å². The van der Waals surface area contributed by atoms with Crippen molar-refractivity contribution >= 4 is 93.4 Å². The smallest absolute Gasteiger partial charge is 0.220 e. The fraction of sp³-hybridized carbons (Fsp3) is 0. The molecule has 0 atom stereocenters. The first-order valence-corrected chi connectivity index (χ1v) is 18.6. The molecule has 6 heteroatoms. The molecule has 0 radical (unpaired) electrons. The second-order valence-corrected chi connectivity index (χ2v) is 14.4. The second kappa shape index (κ2) is 10.5. The van der Waals surface area contributed by atoms with E-state index in [0.29, 0.717) is 0 Å². The number of furan rings is 1. The Bertz CT molecular complexity index is 3680. The fourth-order valence-electron chi connectivity index (χ4n) is 9.29. The third kappa shape index (κ3) is 3.79. The van der Waals surface area contributed by atoms with E-state index < -0.39 is 0 Å². The summed E-state index contributed by atoms with van der Waals surface area (Å²) in [7, 11) is 0. The van der Waals surface area contributed by atoms with Crippen molar-refractivity contribution in [3.8, 4) is 17.1 Å². The predicted molar refractivity (Wildman–Crippen MR) is 225 cm³/mol. The van der Waals surface area contributed by atoms with Crippen molar-refractivity contribution in [3.63, 3.8) is 0 Å². The number of rotatable bonds is 3. The van der Waals surface area contributed by atoms with Crippen molar-refractivity contribution in [2.24, 2.45) is 0 Å². The highest BCUT2D eigenvalue weighted by Gasteiger charge is 2.21. The molecule has 0 aliphatic rings. The Kier molecular flexibility index (Phi) is 5.54. The van der Waals surface area contributed by atoms with Crippen molar-refractivity contribution in [2.75, 3.05) is 0 Å². The fourth-order valence-corrected chi connectivity index (χ4v) is 9.29. The van der Waals surface area contributed by atoms with Gasteiger partial charge < -0.3 is 13.6 Å². The quantitative estimate of drug-likeness (QED) is 0.184. The van der Waals surface area contributed by atoms with Gasteiger partial charge in [-0.25, -0.2) is 4.98 Å². The zero-order chi connectivity index (χ0) is 35.8. The molecule has 0 saturated carbocycles. The lowest BCUT2D eigenvalue weighted by Gasteiger charge is -2.11. The molecule has 0 fully saturated rings. The highest BCUT2D eigenvalue weighted by atomic mass is 16.3. The van der Waals surface area contributed by atoms with Crippen LogP contribution in [0.25, 0.3) is 110 Å². The summed E-state index contributed by atoms with van der Waals surface area (Å²) >= 11 is 0. The van der Waals surface area contributed by atoms with Crippen molar-refractivity contribution < 1.29 is 4.42 Å². The first kappa shape index (κ1) is 28.9. The van der Waals surface area contributed by atoms with Crippen molar-refractivity contribution in [3.05, 3.63) is 176 Å². The molecule has 5 aromatic heterocycles. The van der Waals surface area contributed by atoms with Crippen LogP contribution < -0.4 is 0 Å². The molecular weight excluding hydrogens is 675 g/mol. The molecule has 5 heterocycles. The van der Waals surface area contributed by atoms with Gasteiger partial charge in [-0.2, -0.15) is 0 Å². The number of fused-ring (bicyclic) bond motifs is 14. The maximum atomic E-state index is 6.58. The van der Waals surface area contributed by atoms with Crippen molar-refractivity contribution in [1.82, 2.24) is 23.1 Å². The van der Waals surface area contributed by atoms with Crippen molar-refractivity contribution in [1.29, 1.82) is 0 Å². The van der Waals surface area contributed by atoms with Gasteiger partial charge in [-0.15, -0.1) is 0 Å². The van der Waals surface area contributed by atoms with Crippen LogP contribution in [0.3, 0.4) is 0 Å². The maximum Gasteiger partial charge on any atom is 0.220 e. The predicted octanol–water partition coefficient (Wildman–Crippen LogP) is 12.5. The van der Waals surface area contributed by atoms with E-state index in [0.717, 1.165) is 77.9 Å². The summed E-state index contributed by atoms with van der Waals surface area (Å²) in [6, 6.07) is 62.8. The van der Waals surface area contributed by atoms with Crippen LogP contribution in [0.2, 0.25) is 0 Å². The van der Waals surface area contributed by atoms with E-state index in [4.69, 9.17) is 9.40 Å². The lowest BCUT2D eigenvalue weighted by molar-refractivity contribution is 0.669. The van der Waals surface area contributed by atoms with Crippen LogP contribution in [-0.2, 0) is 0 Å². The van der Waals surface area contributed by atoms with Gasteiger partial charge in [0.05, 0.1) is 55.2 Å². The molecule has 6 nitrogen and oxygen atoms in total. The zero-order valence-corrected chi connectivity index (χ0v) is 29.4. The Labute approximate surface area is 312 Å². The lowest BCUT2D eigenvalue weighted by Crippen LogP contribution is -1.97. The largest absolute Gasteiger partial charge is 0.456 e. The summed E-state index contributed by atoms with van der Waals surface area (Å²) < 4.78 is 15.9. The summed E-state index contributed by atoms with van der Waals surface area (Å²) in [5.41, 5.74) is 14.0. The van der Waals surface area contributed by atoms with Gasteiger partial charge in [-0.05, 0) is 91.0 Å². The Balaban J connectivity index is 1.06. The van der Waals surface area contributed by atoms with Gasteiger partial charge in [0.1, 0.15) is 11.2 Å². The first-order chi connectivity index (χ1) is 27.3. The number of benzene rings is 8. The van der Waals surface area contributed by atoms with E-state index in [1.165, 1.54) is 32.6 Å². The molecule has 0 spiro atoms. The molecule has 0 amide bonds. The van der Waals surface area contributed by atoms with Crippen molar-refractivity contribution in [2.45, 2.75) is 0 Å². The summed E-state index contributed by atoms with van der Waals surface area (Å²) in [5, 5.41) is 7.04. The number of nitrogens with zero attached hydrogens (tertiary/aromatic N) is 5. The Morgan fingerprint density at radius 3 is 1.69 bits per heavy atom. The minimum Gasteiger partial charge on any atom is -0.456 e. The Hall–Kier alpha value is -7.57. The van der Waals surface area contributed by atoms with Gasteiger partial charge in [-0.3, -0.25) is 8.97 Å². The van der Waals surface area contributed by atoms with Crippen LogP contribution in [0.15, 0.2) is 180 Å². The van der Waals surface area contributed by atoms with Crippen LogP contribution in [-0.4, -0.2) is 23.1 Å². The lowest BCUT2D eigenvalue weighted by atomic mass is 10.1. The summed E-state index contributed by atoms with van der Waals surface area (Å²) in [6.45, 7) is 0. The van der Waals surface area contributed by atoms with Gasteiger partial charge in [0.2, 0.25) is 5.78 Å². The molecule has 0 unspecified atom stereocenters. The number of hydrogen-bond donors (Lipinski definition) is 0. The van der Waals surface area contributed by atoms with Gasteiger partial charge in [0.25, 0.3) is 0 Å². The molecule has 55 heavy (non-hydrogen) atoms. The Morgan fingerprint density at radius 1 is 0.364 bits per heavy atom. The van der Waals surface area contributed by atoms with E-state index in [2.05, 4.69) is 194 Å². The monoisotopic (exact) mass is 703 g/mol. The summed E-state index contributed by atoms with van der Waals surface area (Å²) in [6.07, 6.45) is 0. The summed E-state index contributed by atoms with van der Waals surface area (Å²) in [5.74, 6) is 0.904. The third-order valence-electron chi connectivity index (χ3n) is 11.6. The van der Waals surface area contributed by atoms with Gasteiger partial charge in [-0.1, -0.05) is 84.9 Å². The van der Waals surface area contributed by atoms with Crippen LogP contribution in [0, 0.1) is 0 Å². The highest BCUT2D eigenvalue weighted by Crippen LogP contribution is 2.41.